The molecule has 2 heterocycles. The zero-order valence-corrected chi connectivity index (χ0v) is 64.8. The number of piperazine rings is 1. The lowest BCUT2D eigenvalue weighted by Gasteiger charge is -2.33. The third-order valence-electron chi connectivity index (χ3n) is 16.2. The molecule has 16 N–H and O–H groups in total. The molecule has 0 aliphatic carbocycles. The van der Waals surface area contributed by atoms with Gasteiger partial charge in [0.05, 0.1) is 106 Å². The Hall–Kier alpha value is -4.22. The van der Waals surface area contributed by atoms with Gasteiger partial charge in [-0.1, -0.05) is 223 Å². The molecular formula is C82H146N2O21. The van der Waals surface area contributed by atoms with Gasteiger partial charge in [-0.25, -0.2) is 0 Å². The number of β-amino-alcohol motifs (C(OH)–C–C–N with tert-alkyl or cyclic N) is 2. The molecule has 0 radical (unpaired) electrons. The zero-order valence-electron chi connectivity index (χ0n) is 64.8. The molecular weight excluding hydrogens is 1350 g/mol. The first kappa shape index (κ1) is 105. The van der Waals surface area contributed by atoms with Gasteiger partial charge in [0.25, 0.3) is 0 Å². The van der Waals surface area contributed by atoms with Crippen LogP contribution in [0.4, 0.5) is 0 Å². The molecule has 2 fully saturated rings. The lowest BCUT2D eigenvalue weighted by molar-refractivity contribution is -0.0770. The Labute approximate surface area is 631 Å². The second-order valence-electron chi connectivity index (χ2n) is 25.4. The number of aliphatic hydroxyl groups is 16. The molecule has 610 valence electrons. The second kappa shape index (κ2) is 82.3. The van der Waals surface area contributed by atoms with Crippen LogP contribution in [0.5, 0.6) is 0 Å². The van der Waals surface area contributed by atoms with Crippen molar-refractivity contribution in [1.29, 1.82) is 0 Å². The third-order valence-corrected chi connectivity index (χ3v) is 16.2. The van der Waals surface area contributed by atoms with E-state index in [9.17, 15) is 10.2 Å². The average Bonchev–Trinajstić information content (AvgIpc) is 1.78. The molecule has 0 spiro atoms. The van der Waals surface area contributed by atoms with Gasteiger partial charge in [-0.05, 0) is 88.5 Å². The average molecular weight is 1500 g/mol. The van der Waals surface area contributed by atoms with Crippen molar-refractivity contribution in [3.8, 4) is 23.0 Å². The number of aliphatic hydroxyl groups excluding tert-OH is 16. The number of benzene rings is 3. The number of allylic oxidation sites excluding steroid dienone is 2. The molecule has 0 bridgehead atoms. The molecule has 5 rings (SSSR count). The first-order chi connectivity index (χ1) is 51.1. The van der Waals surface area contributed by atoms with Gasteiger partial charge in [0, 0.05) is 71.3 Å². The summed E-state index contributed by atoms with van der Waals surface area (Å²) in [5.41, 5.74) is 6.81. The highest BCUT2D eigenvalue weighted by Crippen LogP contribution is 2.31. The van der Waals surface area contributed by atoms with Crippen LogP contribution in [-0.4, -0.2) is 274 Å². The van der Waals surface area contributed by atoms with E-state index in [4.69, 9.17) is 95.2 Å². The maximum absolute atomic E-state index is 9.28. The van der Waals surface area contributed by atoms with E-state index in [0.717, 1.165) is 124 Å². The van der Waals surface area contributed by atoms with Gasteiger partial charge in [-0.2, -0.15) is 0 Å². The van der Waals surface area contributed by atoms with Crippen LogP contribution in [0.25, 0.3) is 11.1 Å². The molecule has 3 aromatic rings. The number of nitrogens with zero attached hydrogens (tertiary/aromatic N) is 2. The van der Waals surface area contributed by atoms with Crippen LogP contribution in [0.15, 0.2) is 102 Å². The van der Waals surface area contributed by atoms with E-state index in [2.05, 4.69) is 21.6 Å². The van der Waals surface area contributed by atoms with E-state index in [1.165, 1.54) is 102 Å². The number of ether oxygens (including phenoxy) is 5. The summed E-state index contributed by atoms with van der Waals surface area (Å²) in [6, 6.07) is 24.8. The molecule has 2 saturated heterocycles. The monoisotopic (exact) mass is 1500 g/mol. The molecule has 3 aromatic carbocycles. The van der Waals surface area contributed by atoms with Gasteiger partial charge >= 0.3 is 0 Å². The van der Waals surface area contributed by atoms with E-state index in [-0.39, 0.29) is 66.1 Å². The predicted octanol–water partition coefficient (Wildman–Crippen LogP) is 7.93. The smallest absolute Gasteiger partial charge is 0.184 e. The zero-order chi connectivity index (χ0) is 78.3. The Morgan fingerprint density at radius 1 is 0.410 bits per heavy atom. The second-order valence-corrected chi connectivity index (χ2v) is 25.4. The van der Waals surface area contributed by atoms with Gasteiger partial charge < -0.3 is 105 Å². The van der Waals surface area contributed by atoms with Crippen LogP contribution < -0.4 is 0 Å². The van der Waals surface area contributed by atoms with Crippen LogP contribution in [0.2, 0.25) is 0 Å². The first-order valence-electron chi connectivity index (χ1n) is 38.6. The van der Waals surface area contributed by atoms with Gasteiger partial charge in [0.15, 0.2) is 6.29 Å². The number of hydrogen-bond donors (Lipinski definition) is 16. The third kappa shape index (κ3) is 67.6. The van der Waals surface area contributed by atoms with E-state index < -0.39 is 30.7 Å². The molecule has 23 nitrogen and oxygen atoms in total. The number of rotatable bonds is 48. The van der Waals surface area contributed by atoms with Gasteiger partial charge in [0.1, 0.15) is 24.4 Å². The summed E-state index contributed by atoms with van der Waals surface area (Å²) in [6.45, 7) is 17.3. The SMILES string of the molecule is C/C(=C\CC/C(C)=C/CO)CO.CC(O)C#CC(C)O.OCC1OC(c2ccccc2)O[C@H]1CO.OCCCCCCCCCCCCCCCCO.OCCCCCCCCCO.OCCN1CCN(CCO)CC1.OCCOCCOCCOCCO.OCc1ccccc1-c1ccccc1CO. The van der Waals surface area contributed by atoms with Gasteiger partial charge in [-0.15, -0.1) is 0 Å². The van der Waals surface area contributed by atoms with Gasteiger partial charge in [0.2, 0.25) is 0 Å². The highest BCUT2D eigenvalue weighted by Gasteiger charge is 2.36. The molecule has 0 saturated carbocycles. The topological polar surface area (TPSA) is 376 Å². The van der Waals surface area contributed by atoms with E-state index in [0.29, 0.717) is 66.1 Å². The minimum Gasteiger partial charge on any atom is -0.396 e. The molecule has 2 aliphatic heterocycles. The highest BCUT2D eigenvalue weighted by molar-refractivity contribution is 5.70. The number of hydrogen-bond acceptors (Lipinski definition) is 23. The Morgan fingerprint density at radius 3 is 1.02 bits per heavy atom. The van der Waals surface area contributed by atoms with Crippen LogP contribution in [0.1, 0.15) is 198 Å². The Bertz CT molecular complexity index is 2260. The van der Waals surface area contributed by atoms with Crippen molar-refractivity contribution in [3.05, 3.63) is 119 Å². The van der Waals surface area contributed by atoms with Crippen LogP contribution >= 0.6 is 0 Å². The summed E-state index contributed by atoms with van der Waals surface area (Å²) in [5, 5.41) is 139. The normalized spacial score (nSPS) is 15.5. The van der Waals surface area contributed by atoms with E-state index in [1.807, 2.05) is 105 Å². The fraction of sp³-hybridized carbons (Fsp3) is 0.707. The highest BCUT2D eigenvalue weighted by atomic mass is 16.7. The standard InChI is InChI=1S/C16H34O2.C14H14O2.C11H14O4.C10H18O2.C9H20O2.C8H18N2O2.C8H18O5.C6H10O2/c17-15-13-11-9-7-5-3-1-2-4-6-8-10-12-14-16-18;15-9-11-5-1-3-7-13(11)14-8-4-2-6-12(14)10-16;12-6-9-10(7-13)15-11(14-9)8-4-2-1-3-5-8;1-9(6-7-11)4-3-5-10(2)8-12;10-8-6-4-2-1-3-5-7-9-11;11-7-5-9-1-2-10(4-3-9)6-8-12;9-1-3-11-5-7-13-8-6-12-4-2-10;1-5(7)3-4-6(2)8/h17-18H,1-16H2;1-8,15-16H,9-10H2;1-5,9-13H,6-7H2;5-6,11-12H,3-4,7-8H2,1-2H3;10-11H,1-9H2;11-12H,1-8H2;9-10H,1-8H2;5-8H,1-2H3/b;;;9-6+,10-5+;;;;/t;;9-,10?,11?;;;;;/m..0...../s1. The maximum Gasteiger partial charge on any atom is 0.184 e. The first-order valence-corrected chi connectivity index (χ1v) is 38.6. The maximum atomic E-state index is 9.28. The Balaban J connectivity index is -0.00000114. The largest absolute Gasteiger partial charge is 0.396 e. The summed E-state index contributed by atoms with van der Waals surface area (Å²) in [4.78, 5) is 4.49. The van der Waals surface area contributed by atoms with Crippen LogP contribution in [0.3, 0.4) is 0 Å². The van der Waals surface area contributed by atoms with Crippen LogP contribution in [-0.2, 0) is 36.9 Å². The lowest BCUT2D eigenvalue weighted by atomic mass is 9.96. The Morgan fingerprint density at radius 2 is 0.733 bits per heavy atom. The summed E-state index contributed by atoms with van der Waals surface area (Å²) >= 11 is 0. The minimum absolute atomic E-state index is 0.00986. The molecule has 2 aliphatic rings. The van der Waals surface area contributed by atoms with Crippen molar-refractivity contribution < 1.29 is 105 Å². The van der Waals surface area contributed by atoms with E-state index >= 15 is 0 Å². The van der Waals surface area contributed by atoms with Gasteiger partial charge in [-0.3, -0.25) is 9.80 Å². The fourth-order valence-electron chi connectivity index (χ4n) is 10.2. The molecule has 5 atom stereocenters. The quantitative estimate of drug-likeness (QED) is 0.0145. The molecule has 4 unspecified atom stereocenters. The van der Waals surface area contributed by atoms with Crippen molar-refractivity contribution in [1.82, 2.24) is 9.80 Å². The predicted molar refractivity (Wildman–Crippen MR) is 418 cm³/mol. The van der Waals surface area contributed by atoms with E-state index in [1.54, 1.807) is 13.8 Å². The van der Waals surface area contributed by atoms with Crippen molar-refractivity contribution in [2.75, 3.05) is 158 Å². The Kier molecular flexibility index (Phi) is 82.2. The van der Waals surface area contributed by atoms with Crippen molar-refractivity contribution in [2.45, 2.75) is 219 Å². The van der Waals surface area contributed by atoms with Crippen LogP contribution in [0, 0.1) is 11.8 Å². The molecule has 23 heteroatoms. The summed E-state index contributed by atoms with van der Waals surface area (Å²) in [6.07, 6.45) is 29.0. The minimum atomic E-state index is -0.635. The lowest BCUT2D eigenvalue weighted by Crippen LogP contribution is -2.47. The van der Waals surface area contributed by atoms with Crippen molar-refractivity contribution in [2.24, 2.45) is 0 Å². The van der Waals surface area contributed by atoms with Crippen molar-refractivity contribution in [3.63, 3.8) is 0 Å². The summed E-state index contributed by atoms with van der Waals surface area (Å²) in [5.74, 6) is 4.80. The van der Waals surface area contributed by atoms with Crippen molar-refractivity contribution >= 4 is 0 Å². The fourth-order valence-corrected chi connectivity index (χ4v) is 10.2. The summed E-state index contributed by atoms with van der Waals surface area (Å²) in [7, 11) is 0. The number of unbranched alkanes of at least 4 members (excludes halogenated alkanes) is 19. The molecule has 0 aromatic heterocycles. The molecule has 105 heavy (non-hydrogen) atoms. The summed E-state index contributed by atoms with van der Waals surface area (Å²) < 4.78 is 26.0. The molecule has 0 amide bonds.